The Balaban J connectivity index is 1.93. The van der Waals surface area contributed by atoms with Crippen LogP contribution in [0.2, 0.25) is 0 Å². The maximum Gasteiger partial charge on any atom is 0.104 e. The van der Waals surface area contributed by atoms with Crippen LogP contribution in [0.25, 0.3) is 0 Å². The Bertz CT molecular complexity index is 461. The van der Waals surface area contributed by atoms with Crippen molar-refractivity contribution in [3.63, 3.8) is 0 Å². The predicted octanol–water partition coefficient (Wildman–Crippen LogP) is 2.70. The molecule has 1 aliphatic carbocycles. The molecule has 4 heteroatoms. The minimum Gasteiger partial charge on any atom is -0.362 e. The van der Waals surface area contributed by atoms with E-state index in [1.807, 2.05) is 13.4 Å². The van der Waals surface area contributed by atoms with Crippen molar-refractivity contribution >= 4 is 12.2 Å². The van der Waals surface area contributed by atoms with Crippen LogP contribution < -0.4 is 5.32 Å². The van der Waals surface area contributed by atoms with Crippen LogP contribution in [0.15, 0.2) is 33.9 Å². The number of nitrogens with zero attached hydrogens (tertiary/aromatic N) is 3. The molecule has 21 heavy (non-hydrogen) atoms. The molecule has 3 unspecified atom stereocenters. The third-order valence-corrected chi connectivity index (χ3v) is 4.30. The molecule has 0 bridgehead atoms. The standard InChI is InChI=1S/C17H28N4/c1-13-5-7-14(2)16(8-6-13)17-19-9-15(10-20-17)11-21(4)12-18-3/h5,7,9,12-14,16H,6,8,10-11H2,1-4H3,(H,19,20). The van der Waals surface area contributed by atoms with Crippen molar-refractivity contribution < 1.29 is 0 Å². The van der Waals surface area contributed by atoms with E-state index in [9.17, 15) is 0 Å². The average Bonchev–Trinajstić information content (AvgIpc) is 2.62. The molecule has 0 saturated carbocycles. The fourth-order valence-electron chi connectivity index (χ4n) is 3.02. The molecular formula is C17H28N4. The van der Waals surface area contributed by atoms with Gasteiger partial charge in [-0.2, -0.15) is 0 Å². The summed E-state index contributed by atoms with van der Waals surface area (Å²) in [5, 5.41) is 3.44. The van der Waals surface area contributed by atoms with Crippen molar-refractivity contribution in [2.24, 2.45) is 27.7 Å². The van der Waals surface area contributed by atoms with E-state index < -0.39 is 0 Å². The zero-order valence-corrected chi connectivity index (χ0v) is 13.7. The van der Waals surface area contributed by atoms with Crippen LogP contribution in [0.5, 0.6) is 0 Å². The van der Waals surface area contributed by atoms with Crippen LogP contribution in [-0.4, -0.2) is 44.3 Å². The molecule has 1 aliphatic heterocycles. The normalized spacial score (nSPS) is 29.6. The first-order valence-corrected chi connectivity index (χ1v) is 7.89. The largest absolute Gasteiger partial charge is 0.362 e. The molecule has 0 radical (unpaired) electrons. The van der Waals surface area contributed by atoms with E-state index in [1.54, 1.807) is 7.05 Å². The Morgan fingerprint density at radius 2 is 2.19 bits per heavy atom. The number of nitrogens with one attached hydrogen (secondary N) is 1. The van der Waals surface area contributed by atoms with Gasteiger partial charge in [-0.1, -0.05) is 26.0 Å². The van der Waals surface area contributed by atoms with Gasteiger partial charge in [0.05, 0.1) is 12.9 Å². The zero-order chi connectivity index (χ0) is 15.2. The number of hydrogen-bond acceptors (Lipinski definition) is 3. The van der Waals surface area contributed by atoms with Crippen molar-refractivity contribution in [1.29, 1.82) is 0 Å². The number of allylic oxidation sites excluding steroid dienone is 2. The molecule has 0 saturated heterocycles. The fourth-order valence-corrected chi connectivity index (χ4v) is 3.02. The van der Waals surface area contributed by atoms with E-state index in [1.165, 1.54) is 18.4 Å². The van der Waals surface area contributed by atoms with Crippen LogP contribution in [0.3, 0.4) is 0 Å². The highest BCUT2D eigenvalue weighted by Gasteiger charge is 2.25. The van der Waals surface area contributed by atoms with Gasteiger partial charge in [0.1, 0.15) is 5.84 Å². The third kappa shape index (κ3) is 4.45. The number of likely N-dealkylation sites (N-methyl/N-ethyl adjacent to an activating group) is 1. The summed E-state index contributed by atoms with van der Waals surface area (Å²) in [4.78, 5) is 10.9. The number of hydrogen-bond donors (Lipinski definition) is 1. The Morgan fingerprint density at radius 1 is 1.38 bits per heavy atom. The predicted molar refractivity (Wildman–Crippen MR) is 90.8 cm³/mol. The Hall–Kier alpha value is -1.58. The SMILES string of the molecule is CN=CN(C)CC1=CNC(C2CCC(C)C=CC2C)=NC1. The monoisotopic (exact) mass is 288 g/mol. The summed E-state index contributed by atoms with van der Waals surface area (Å²) in [6.45, 7) is 6.27. The van der Waals surface area contributed by atoms with Crippen LogP contribution >= 0.6 is 0 Å². The van der Waals surface area contributed by atoms with Gasteiger partial charge in [0, 0.05) is 32.8 Å². The third-order valence-electron chi connectivity index (χ3n) is 4.30. The molecule has 116 valence electrons. The summed E-state index contributed by atoms with van der Waals surface area (Å²) >= 11 is 0. The van der Waals surface area contributed by atoms with Crippen LogP contribution in [0.4, 0.5) is 0 Å². The van der Waals surface area contributed by atoms with Crippen molar-refractivity contribution in [2.45, 2.75) is 26.7 Å². The maximum absolute atomic E-state index is 4.80. The van der Waals surface area contributed by atoms with E-state index in [0.29, 0.717) is 17.8 Å². The molecule has 0 fully saturated rings. The molecule has 1 N–H and O–H groups in total. The highest BCUT2D eigenvalue weighted by atomic mass is 15.1. The molecule has 1 heterocycles. The highest BCUT2D eigenvalue weighted by molar-refractivity contribution is 5.87. The van der Waals surface area contributed by atoms with Gasteiger partial charge in [-0.3, -0.25) is 9.98 Å². The Kier molecular flexibility index (Phi) is 5.59. The van der Waals surface area contributed by atoms with Crippen LogP contribution in [-0.2, 0) is 0 Å². The number of aliphatic imine (C=N–C) groups is 2. The van der Waals surface area contributed by atoms with E-state index in [2.05, 4.69) is 47.4 Å². The molecule has 2 rings (SSSR count). The summed E-state index contributed by atoms with van der Waals surface area (Å²) < 4.78 is 0. The van der Waals surface area contributed by atoms with Gasteiger partial charge in [-0.05, 0) is 30.3 Å². The zero-order valence-electron chi connectivity index (χ0n) is 13.7. The summed E-state index contributed by atoms with van der Waals surface area (Å²) in [6, 6.07) is 0. The van der Waals surface area contributed by atoms with Crippen molar-refractivity contribution in [3.8, 4) is 0 Å². The minimum atomic E-state index is 0.527. The Labute approximate surface area is 128 Å². The summed E-state index contributed by atoms with van der Waals surface area (Å²) in [6.07, 6.45) is 11.2. The topological polar surface area (TPSA) is 40.0 Å². The average molecular weight is 288 g/mol. The molecule has 0 spiro atoms. The van der Waals surface area contributed by atoms with E-state index in [0.717, 1.165) is 18.9 Å². The van der Waals surface area contributed by atoms with Gasteiger partial charge < -0.3 is 10.2 Å². The first-order chi connectivity index (χ1) is 10.1. The summed E-state index contributed by atoms with van der Waals surface area (Å²) in [5.41, 5.74) is 1.30. The second kappa shape index (κ2) is 7.43. The molecule has 0 aromatic carbocycles. The molecule has 3 atom stereocenters. The van der Waals surface area contributed by atoms with Crippen molar-refractivity contribution in [3.05, 3.63) is 23.9 Å². The number of rotatable bonds is 4. The van der Waals surface area contributed by atoms with Gasteiger partial charge in [0.15, 0.2) is 0 Å². The van der Waals surface area contributed by atoms with E-state index >= 15 is 0 Å². The summed E-state index contributed by atoms with van der Waals surface area (Å²) in [5.74, 6) is 2.94. The van der Waals surface area contributed by atoms with Gasteiger partial charge in [0.25, 0.3) is 0 Å². The lowest BCUT2D eigenvalue weighted by Crippen LogP contribution is -2.35. The first kappa shape index (κ1) is 15.8. The van der Waals surface area contributed by atoms with E-state index in [4.69, 9.17) is 4.99 Å². The second-order valence-electron chi connectivity index (χ2n) is 6.34. The molecular weight excluding hydrogens is 260 g/mol. The van der Waals surface area contributed by atoms with Gasteiger partial charge in [-0.15, -0.1) is 0 Å². The first-order valence-electron chi connectivity index (χ1n) is 7.89. The lowest BCUT2D eigenvalue weighted by Gasteiger charge is -2.26. The van der Waals surface area contributed by atoms with Crippen LogP contribution in [0.1, 0.15) is 26.7 Å². The molecule has 0 amide bonds. The lowest BCUT2D eigenvalue weighted by molar-refractivity contribution is 0.470. The maximum atomic E-state index is 4.80. The fraction of sp³-hybridized carbons (Fsp3) is 0.647. The van der Waals surface area contributed by atoms with Gasteiger partial charge in [0.2, 0.25) is 0 Å². The minimum absolute atomic E-state index is 0.527. The smallest absolute Gasteiger partial charge is 0.104 e. The number of amidine groups is 1. The van der Waals surface area contributed by atoms with E-state index in [-0.39, 0.29) is 0 Å². The van der Waals surface area contributed by atoms with Gasteiger partial charge in [-0.25, -0.2) is 0 Å². The van der Waals surface area contributed by atoms with Crippen LogP contribution in [0, 0.1) is 17.8 Å². The van der Waals surface area contributed by atoms with Crippen molar-refractivity contribution in [1.82, 2.24) is 10.2 Å². The summed E-state index contributed by atoms with van der Waals surface area (Å²) in [7, 11) is 3.83. The van der Waals surface area contributed by atoms with Gasteiger partial charge >= 0.3 is 0 Å². The highest BCUT2D eigenvalue weighted by Crippen LogP contribution is 2.28. The van der Waals surface area contributed by atoms with Crippen molar-refractivity contribution in [2.75, 3.05) is 27.2 Å². The Morgan fingerprint density at radius 3 is 2.86 bits per heavy atom. The molecule has 0 aromatic rings. The second-order valence-corrected chi connectivity index (χ2v) is 6.34. The molecule has 4 nitrogen and oxygen atoms in total. The molecule has 0 aromatic heterocycles. The lowest BCUT2D eigenvalue weighted by atomic mass is 9.89. The molecule has 2 aliphatic rings. The quantitative estimate of drug-likeness (QED) is 0.491.